The third-order valence-corrected chi connectivity index (χ3v) is 4.04. The molecule has 1 N–H and O–H groups in total. The highest BCUT2D eigenvalue weighted by Crippen LogP contribution is 2.30. The first-order chi connectivity index (χ1) is 9.69. The van der Waals surface area contributed by atoms with E-state index in [0.717, 1.165) is 24.2 Å². The van der Waals surface area contributed by atoms with Crippen LogP contribution in [0.5, 0.6) is 5.75 Å². The van der Waals surface area contributed by atoms with E-state index in [1.54, 1.807) is 17.0 Å². The van der Waals surface area contributed by atoms with Crippen molar-refractivity contribution in [2.45, 2.75) is 18.9 Å². The maximum Gasteiger partial charge on any atom is 0.253 e. The quantitative estimate of drug-likeness (QED) is 0.908. The molecule has 1 fully saturated rings. The number of nitrogens with zero attached hydrogens (tertiary/aromatic N) is 1. The molecule has 3 rings (SSSR count). The van der Waals surface area contributed by atoms with Gasteiger partial charge in [0.2, 0.25) is 0 Å². The monoisotopic (exact) mass is 293 g/mol. The summed E-state index contributed by atoms with van der Waals surface area (Å²) in [7, 11) is 0. The van der Waals surface area contributed by atoms with Crippen molar-refractivity contribution in [2.24, 2.45) is 0 Å². The summed E-state index contributed by atoms with van der Waals surface area (Å²) in [5.41, 5.74) is 1.44. The van der Waals surface area contributed by atoms with Gasteiger partial charge in [0.15, 0.2) is 0 Å². The molecule has 20 heavy (non-hydrogen) atoms. The predicted molar refractivity (Wildman–Crippen MR) is 76.7 cm³/mol. The van der Waals surface area contributed by atoms with Crippen LogP contribution in [0.4, 0.5) is 0 Å². The molecular weight excluding hydrogens is 278 g/mol. The molecule has 1 unspecified atom stereocenters. The van der Waals surface area contributed by atoms with Crippen LogP contribution in [0.3, 0.4) is 0 Å². The summed E-state index contributed by atoms with van der Waals surface area (Å²) in [4.78, 5) is 14.2. The average molecular weight is 294 g/mol. The fraction of sp³-hybridized carbons (Fsp3) is 0.400. The molecule has 1 saturated heterocycles. The Morgan fingerprint density at radius 2 is 2.35 bits per heavy atom. The lowest BCUT2D eigenvalue weighted by atomic mass is 10.1. The minimum atomic E-state index is -0.0656. The summed E-state index contributed by atoms with van der Waals surface area (Å²) in [6, 6.07) is 5.30. The van der Waals surface area contributed by atoms with E-state index in [1.165, 1.54) is 0 Å². The molecule has 0 aromatic heterocycles. The van der Waals surface area contributed by atoms with Crippen molar-refractivity contribution < 1.29 is 14.6 Å². The second-order valence-corrected chi connectivity index (χ2v) is 5.55. The lowest BCUT2D eigenvalue weighted by molar-refractivity contribution is -0.128. The summed E-state index contributed by atoms with van der Waals surface area (Å²) >= 11 is 5.96. The lowest BCUT2D eigenvalue weighted by Crippen LogP contribution is -2.39. The summed E-state index contributed by atoms with van der Waals surface area (Å²) < 4.78 is 5.60. The third kappa shape index (κ3) is 2.41. The second kappa shape index (κ2) is 5.46. The molecule has 1 atom stereocenters. The number of likely N-dealkylation sites (tertiary alicyclic amines) is 1. The van der Waals surface area contributed by atoms with E-state index in [0.29, 0.717) is 17.1 Å². The Labute approximate surface area is 122 Å². The molecule has 5 heteroatoms. The van der Waals surface area contributed by atoms with Crippen LogP contribution < -0.4 is 4.74 Å². The molecule has 2 heterocycles. The summed E-state index contributed by atoms with van der Waals surface area (Å²) in [6.07, 6.45) is 3.63. The molecule has 0 radical (unpaired) electrons. The highest BCUT2D eigenvalue weighted by molar-refractivity contribution is 6.30. The topological polar surface area (TPSA) is 49.8 Å². The molecular formula is C15H16ClNO3. The molecule has 0 saturated carbocycles. The second-order valence-electron chi connectivity index (χ2n) is 5.12. The van der Waals surface area contributed by atoms with E-state index in [1.807, 2.05) is 12.1 Å². The molecule has 0 spiro atoms. The number of aliphatic hydroxyl groups excluding tert-OH is 1. The van der Waals surface area contributed by atoms with Gasteiger partial charge in [-0.3, -0.25) is 4.79 Å². The first kappa shape index (κ1) is 13.5. The van der Waals surface area contributed by atoms with Gasteiger partial charge in [-0.2, -0.15) is 0 Å². The Morgan fingerprint density at radius 3 is 3.15 bits per heavy atom. The van der Waals surface area contributed by atoms with Gasteiger partial charge < -0.3 is 14.7 Å². The van der Waals surface area contributed by atoms with Crippen molar-refractivity contribution in [2.75, 3.05) is 19.8 Å². The summed E-state index contributed by atoms with van der Waals surface area (Å²) in [6.45, 7) is 0.980. The zero-order valence-electron chi connectivity index (χ0n) is 11.0. The van der Waals surface area contributed by atoms with Crippen LogP contribution in [0.15, 0.2) is 23.8 Å². The van der Waals surface area contributed by atoms with Gasteiger partial charge in [0, 0.05) is 17.1 Å². The Kier molecular flexibility index (Phi) is 3.68. The van der Waals surface area contributed by atoms with E-state index in [9.17, 15) is 9.90 Å². The predicted octanol–water partition coefficient (Wildman–Crippen LogP) is 2.10. The lowest BCUT2D eigenvalue weighted by Gasteiger charge is -2.26. The van der Waals surface area contributed by atoms with Gasteiger partial charge in [0.05, 0.1) is 18.2 Å². The zero-order valence-corrected chi connectivity index (χ0v) is 11.8. The van der Waals surface area contributed by atoms with Gasteiger partial charge in [0.25, 0.3) is 5.91 Å². The van der Waals surface area contributed by atoms with Crippen LogP contribution in [0.1, 0.15) is 18.4 Å². The van der Waals surface area contributed by atoms with Crippen molar-refractivity contribution in [3.63, 3.8) is 0 Å². The molecule has 2 aliphatic rings. The Morgan fingerprint density at radius 1 is 1.50 bits per heavy atom. The molecule has 106 valence electrons. The van der Waals surface area contributed by atoms with Gasteiger partial charge in [-0.05, 0) is 37.1 Å². The van der Waals surface area contributed by atoms with Crippen molar-refractivity contribution >= 4 is 23.6 Å². The van der Waals surface area contributed by atoms with Crippen LogP contribution in [0, 0.1) is 0 Å². The number of amides is 1. The first-order valence-electron chi connectivity index (χ1n) is 6.74. The molecule has 0 aliphatic carbocycles. The van der Waals surface area contributed by atoms with Crippen LogP contribution in [0.2, 0.25) is 5.02 Å². The smallest absolute Gasteiger partial charge is 0.253 e. The van der Waals surface area contributed by atoms with Crippen LogP contribution in [-0.2, 0) is 4.79 Å². The molecule has 1 aromatic rings. The number of rotatable bonds is 2. The number of ether oxygens (including phenoxy) is 1. The van der Waals surface area contributed by atoms with Crippen molar-refractivity contribution in [1.29, 1.82) is 0 Å². The number of fused-ring (bicyclic) bond motifs is 1. The molecule has 1 amide bonds. The Balaban J connectivity index is 1.86. The molecule has 0 bridgehead atoms. The normalized spacial score (nSPS) is 21.2. The number of halogens is 1. The van der Waals surface area contributed by atoms with E-state index in [-0.39, 0.29) is 25.2 Å². The zero-order chi connectivity index (χ0) is 14.1. The number of benzene rings is 1. The van der Waals surface area contributed by atoms with E-state index in [2.05, 4.69) is 0 Å². The third-order valence-electron chi connectivity index (χ3n) is 3.81. The molecule has 4 nitrogen and oxygen atoms in total. The van der Waals surface area contributed by atoms with Crippen LogP contribution in [0.25, 0.3) is 6.08 Å². The summed E-state index contributed by atoms with van der Waals surface area (Å²) in [5.74, 6) is 0.693. The van der Waals surface area contributed by atoms with Gasteiger partial charge >= 0.3 is 0 Å². The van der Waals surface area contributed by atoms with Crippen LogP contribution in [-0.4, -0.2) is 41.7 Å². The van der Waals surface area contributed by atoms with E-state index < -0.39 is 0 Å². The number of hydrogen-bond donors (Lipinski definition) is 1. The van der Waals surface area contributed by atoms with E-state index in [4.69, 9.17) is 16.3 Å². The number of aliphatic hydroxyl groups is 1. The SMILES string of the molecule is O=C(C1=Cc2cc(Cl)ccc2OC1)N1CCCC1CO. The maximum absolute atomic E-state index is 12.5. The number of carbonyl (C=O) groups is 1. The fourth-order valence-corrected chi connectivity index (χ4v) is 2.93. The standard InChI is InChI=1S/C15H16ClNO3/c16-12-3-4-14-10(7-12)6-11(9-20-14)15(19)17-5-1-2-13(17)8-18/h3-4,6-7,13,18H,1-2,5,8-9H2. The highest BCUT2D eigenvalue weighted by atomic mass is 35.5. The van der Waals surface area contributed by atoms with Gasteiger partial charge in [-0.15, -0.1) is 0 Å². The van der Waals surface area contributed by atoms with E-state index >= 15 is 0 Å². The van der Waals surface area contributed by atoms with Gasteiger partial charge in [-0.25, -0.2) is 0 Å². The van der Waals surface area contributed by atoms with Crippen molar-refractivity contribution in [1.82, 2.24) is 4.90 Å². The van der Waals surface area contributed by atoms with Gasteiger partial charge in [0.1, 0.15) is 12.4 Å². The minimum absolute atomic E-state index is 0.0162. The first-order valence-corrected chi connectivity index (χ1v) is 7.11. The maximum atomic E-state index is 12.5. The van der Waals surface area contributed by atoms with Crippen molar-refractivity contribution in [3.05, 3.63) is 34.4 Å². The van der Waals surface area contributed by atoms with Crippen LogP contribution >= 0.6 is 11.6 Å². The average Bonchev–Trinajstić information content (AvgIpc) is 2.94. The number of hydrogen-bond acceptors (Lipinski definition) is 3. The molecule has 2 aliphatic heterocycles. The summed E-state index contributed by atoms with van der Waals surface area (Å²) in [5, 5.41) is 9.93. The Bertz CT molecular complexity index is 570. The van der Waals surface area contributed by atoms with Gasteiger partial charge in [-0.1, -0.05) is 11.6 Å². The largest absolute Gasteiger partial charge is 0.488 e. The highest BCUT2D eigenvalue weighted by Gasteiger charge is 2.31. The Hall–Kier alpha value is -1.52. The molecule has 1 aromatic carbocycles. The number of carbonyl (C=O) groups excluding carboxylic acids is 1. The van der Waals surface area contributed by atoms with Crippen molar-refractivity contribution in [3.8, 4) is 5.75 Å². The fourth-order valence-electron chi connectivity index (χ4n) is 2.75. The minimum Gasteiger partial charge on any atom is -0.488 e.